The summed E-state index contributed by atoms with van der Waals surface area (Å²) in [5.74, 6) is 3.06. The molecule has 0 radical (unpaired) electrons. The molecule has 2 aliphatic rings. The quantitative estimate of drug-likeness (QED) is 0.663. The third-order valence-corrected chi connectivity index (χ3v) is 3.66. The number of rotatable bonds is 5. The summed E-state index contributed by atoms with van der Waals surface area (Å²) in [5, 5.41) is 3.49. The van der Waals surface area contributed by atoms with Crippen LogP contribution in [0, 0.1) is 17.8 Å². The van der Waals surface area contributed by atoms with Crippen LogP contribution in [0.4, 0.5) is 0 Å². The Balaban J connectivity index is 1.78. The van der Waals surface area contributed by atoms with Crippen LogP contribution in [-0.4, -0.2) is 13.1 Å². The normalized spacial score (nSPS) is 28.5. The van der Waals surface area contributed by atoms with Crippen LogP contribution in [0.2, 0.25) is 0 Å². The van der Waals surface area contributed by atoms with E-state index in [0.29, 0.717) is 0 Å². The lowest BCUT2D eigenvalue weighted by atomic mass is 9.92. The molecule has 0 saturated heterocycles. The standard InChI is InChI=1S/C11H21N/c1-8(10-5-6-10)11(12-2)7-9-3-4-9/h8-12H,3-7H2,1-2H3. The van der Waals surface area contributed by atoms with Crippen LogP contribution < -0.4 is 5.32 Å². The average molecular weight is 167 g/mol. The van der Waals surface area contributed by atoms with E-state index in [1.54, 1.807) is 0 Å². The van der Waals surface area contributed by atoms with Gasteiger partial charge in [0, 0.05) is 6.04 Å². The zero-order valence-corrected chi connectivity index (χ0v) is 8.34. The first-order valence-electron chi connectivity index (χ1n) is 5.48. The van der Waals surface area contributed by atoms with E-state index in [1.165, 1.54) is 32.1 Å². The lowest BCUT2D eigenvalue weighted by Gasteiger charge is -2.23. The van der Waals surface area contributed by atoms with Crippen LogP contribution >= 0.6 is 0 Å². The number of hydrogen-bond donors (Lipinski definition) is 1. The summed E-state index contributed by atoms with van der Waals surface area (Å²) >= 11 is 0. The van der Waals surface area contributed by atoms with Gasteiger partial charge in [-0.2, -0.15) is 0 Å². The molecule has 0 aromatic rings. The molecule has 0 aromatic carbocycles. The molecule has 2 aliphatic carbocycles. The highest BCUT2D eigenvalue weighted by Crippen LogP contribution is 2.42. The van der Waals surface area contributed by atoms with Crippen molar-refractivity contribution in [3.8, 4) is 0 Å². The second kappa shape index (κ2) is 3.37. The maximum Gasteiger partial charge on any atom is 0.00949 e. The van der Waals surface area contributed by atoms with Crippen molar-refractivity contribution in [3.05, 3.63) is 0 Å². The van der Waals surface area contributed by atoms with Crippen molar-refractivity contribution < 1.29 is 0 Å². The molecule has 12 heavy (non-hydrogen) atoms. The third-order valence-electron chi connectivity index (χ3n) is 3.66. The van der Waals surface area contributed by atoms with Crippen molar-refractivity contribution in [1.29, 1.82) is 0 Å². The van der Waals surface area contributed by atoms with E-state index in [2.05, 4.69) is 19.3 Å². The lowest BCUT2D eigenvalue weighted by molar-refractivity contribution is 0.330. The van der Waals surface area contributed by atoms with Crippen molar-refractivity contribution in [2.75, 3.05) is 7.05 Å². The smallest absolute Gasteiger partial charge is 0.00949 e. The van der Waals surface area contributed by atoms with Gasteiger partial charge < -0.3 is 5.32 Å². The Morgan fingerprint density at radius 2 is 1.92 bits per heavy atom. The van der Waals surface area contributed by atoms with Crippen LogP contribution in [0.3, 0.4) is 0 Å². The van der Waals surface area contributed by atoms with Gasteiger partial charge in [-0.3, -0.25) is 0 Å². The molecule has 0 spiro atoms. The minimum atomic E-state index is 0.810. The second-order valence-corrected chi connectivity index (χ2v) is 4.77. The van der Waals surface area contributed by atoms with E-state index in [-0.39, 0.29) is 0 Å². The van der Waals surface area contributed by atoms with Crippen LogP contribution in [0.25, 0.3) is 0 Å². The molecule has 1 heteroatoms. The molecule has 0 aliphatic heterocycles. The molecule has 0 bridgehead atoms. The van der Waals surface area contributed by atoms with Crippen molar-refractivity contribution in [1.82, 2.24) is 5.32 Å². The summed E-state index contributed by atoms with van der Waals surface area (Å²) < 4.78 is 0. The Morgan fingerprint density at radius 1 is 1.25 bits per heavy atom. The maximum atomic E-state index is 3.49. The van der Waals surface area contributed by atoms with Crippen LogP contribution in [-0.2, 0) is 0 Å². The zero-order valence-electron chi connectivity index (χ0n) is 8.34. The van der Waals surface area contributed by atoms with Gasteiger partial charge in [0.15, 0.2) is 0 Å². The molecule has 0 heterocycles. The maximum absolute atomic E-state index is 3.49. The van der Waals surface area contributed by atoms with Crippen molar-refractivity contribution >= 4 is 0 Å². The average Bonchev–Trinajstić information content (AvgIpc) is 2.89. The molecule has 0 aromatic heterocycles. The molecular formula is C11H21N. The van der Waals surface area contributed by atoms with Gasteiger partial charge in [0.25, 0.3) is 0 Å². The molecule has 0 amide bonds. The molecule has 1 nitrogen and oxygen atoms in total. The Labute approximate surface area is 75.9 Å². The minimum absolute atomic E-state index is 0.810. The fraction of sp³-hybridized carbons (Fsp3) is 1.00. The Kier molecular flexibility index (Phi) is 2.40. The van der Waals surface area contributed by atoms with E-state index in [9.17, 15) is 0 Å². The summed E-state index contributed by atoms with van der Waals surface area (Å²) in [6.07, 6.45) is 7.41. The number of nitrogens with one attached hydrogen (secondary N) is 1. The lowest BCUT2D eigenvalue weighted by Crippen LogP contribution is -2.33. The van der Waals surface area contributed by atoms with Gasteiger partial charge in [0.2, 0.25) is 0 Å². The van der Waals surface area contributed by atoms with Crippen molar-refractivity contribution in [2.45, 2.75) is 45.1 Å². The van der Waals surface area contributed by atoms with Gasteiger partial charge in [0.1, 0.15) is 0 Å². The number of hydrogen-bond acceptors (Lipinski definition) is 1. The van der Waals surface area contributed by atoms with E-state index >= 15 is 0 Å². The topological polar surface area (TPSA) is 12.0 Å². The fourth-order valence-electron chi connectivity index (χ4n) is 2.26. The predicted octanol–water partition coefficient (Wildman–Crippen LogP) is 2.42. The largest absolute Gasteiger partial charge is 0.317 e. The van der Waals surface area contributed by atoms with Crippen molar-refractivity contribution in [2.24, 2.45) is 17.8 Å². The molecule has 2 saturated carbocycles. The summed E-state index contributed by atoms with van der Waals surface area (Å²) in [7, 11) is 2.13. The van der Waals surface area contributed by atoms with Gasteiger partial charge in [-0.25, -0.2) is 0 Å². The SMILES string of the molecule is CNC(CC1CC1)C(C)C1CC1. The second-order valence-electron chi connectivity index (χ2n) is 4.77. The predicted molar refractivity (Wildman–Crippen MR) is 52.1 cm³/mol. The summed E-state index contributed by atoms with van der Waals surface area (Å²) in [6, 6.07) is 0.810. The molecule has 1 N–H and O–H groups in total. The highest BCUT2D eigenvalue weighted by molar-refractivity contribution is 4.89. The van der Waals surface area contributed by atoms with E-state index in [1.807, 2.05) is 0 Å². The molecule has 2 unspecified atom stereocenters. The molecule has 2 atom stereocenters. The van der Waals surface area contributed by atoms with Gasteiger partial charge in [-0.1, -0.05) is 19.8 Å². The van der Waals surface area contributed by atoms with Gasteiger partial charge >= 0.3 is 0 Å². The van der Waals surface area contributed by atoms with Gasteiger partial charge in [0.05, 0.1) is 0 Å². The third kappa shape index (κ3) is 2.01. The Morgan fingerprint density at radius 3 is 2.33 bits per heavy atom. The summed E-state index contributed by atoms with van der Waals surface area (Å²) in [5.41, 5.74) is 0. The Bertz CT molecular complexity index is 147. The van der Waals surface area contributed by atoms with E-state index < -0.39 is 0 Å². The molecular weight excluding hydrogens is 146 g/mol. The highest BCUT2D eigenvalue weighted by Gasteiger charge is 2.35. The first-order valence-corrected chi connectivity index (χ1v) is 5.48. The highest BCUT2D eigenvalue weighted by atomic mass is 14.9. The fourth-order valence-corrected chi connectivity index (χ4v) is 2.26. The summed E-state index contributed by atoms with van der Waals surface area (Å²) in [6.45, 7) is 2.43. The van der Waals surface area contributed by atoms with Crippen molar-refractivity contribution in [3.63, 3.8) is 0 Å². The van der Waals surface area contributed by atoms with E-state index in [4.69, 9.17) is 0 Å². The zero-order chi connectivity index (χ0) is 8.55. The van der Waals surface area contributed by atoms with Gasteiger partial charge in [-0.15, -0.1) is 0 Å². The minimum Gasteiger partial charge on any atom is -0.317 e. The molecule has 2 fully saturated rings. The first-order chi connectivity index (χ1) is 5.81. The molecule has 2 rings (SSSR count). The monoisotopic (exact) mass is 167 g/mol. The summed E-state index contributed by atoms with van der Waals surface area (Å²) in [4.78, 5) is 0. The van der Waals surface area contributed by atoms with Crippen LogP contribution in [0.15, 0.2) is 0 Å². The van der Waals surface area contributed by atoms with Crippen LogP contribution in [0.5, 0.6) is 0 Å². The Hall–Kier alpha value is -0.0400. The first kappa shape index (κ1) is 8.55. The van der Waals surface area contributed by atoms with Crippen LogP contribution in [0.1, 0.15) is 39.0 Å². The molecule has 70 valence electrons. The van der Waals surface area contributed by atoms with E-state index in [0.717, 1.165) is 23.8 Å². The van der Waals surface area contributed by atoms with Gasteiger partial charge in [-0.05, 0) is 44.1 Å².